The third kappa shape index (κ3) is 4.85. The fourth-order valence-corrected chi connectivity index (χ4v) is 4.88. The Morgan fingerprint density at radius 3 is 2.71 bits per heavy atom. The van der Waals surface area contributed by atoms with E-state index in [1.807, 2.05) is 11.8 Å². The summed E-state index contributed by atoms with van der Waals surface area (Å²) in [6.07, 6.45) is -2.84. The molecule has 170 valence electrons. The summed E-state index contributed by atoms with van der Waals surface area (Å²) < 4.78 is 50.8. The van der Waals surface area contributed by atoms with Crippen LogP contribution in [0.5, 0.6) is 0 Å². The predicted molar refractivity (Wildman–Crippen MR) is 113 cm³/mol. The highest BCUT2D eigenvalue weighted by molar-refractivity contribution is 7.97. The molecule has 0 spiro atoms. The van der Waals surface area contributed by atoms with Crippen molar-refractivity contribution >= 4 is 23.5 Å². The fraction of sp³-hybridized carbons (Fsp3) is 0.579. The lowest BCUT2D eigenvalue weighted by Gasteiger charge is -2.42. The summed E-state index contributed by atoms with van der Waals surface area (Å²) in [6.45, 7) is 3.89. The fourth-order valence-electron chi connectivity index (χ4n) is 3.94. The third-order valence-corrected chi connectivity index (χ3v) is 6.72. The number of hydrogen-bond acceptors (Lipinski definition) is 7. The van der Waals surface area contributed by atoms with Gasteiger partial charge in [0.2, 0.25) is 0 Å². The molecule has 0 aliphatic carbocycles. The van der Waals surface area contributed by atoms with Gasteiger partial charge in [-0.1, -0.05) is 0 Å². The number of halogens is 3. The zero-order valence-electron chi connectivity index (χ0n) is 17.3. The van der Waals surface area contributed by atoms with Crippen LogP contribution in [0.15, 0.2) is 34.2 Å². The van der Waals surface area contributed by atoms with Gasteiger partial charge in [-0.25, -0.2) is 4.31 Å². The summed E-state index contributed by atoms with van der Waals surface area (Å²) in [5.41, 5.74) is 0.195. The highest BCUT2D eigenvalue weighted by Crippen LogP contribution is 2.35. The van der Waals surface area contributed by atoms with Crippen molar-refractivity contribution in [2.75, 3.05) is 49.2 Å². The molecule has 0 saturated carbocycles. The molecule has 4 rings (SSSR count). The molecule has 2 saturated heterocycles. The smallest absolute Gasteiger partial charge is 0.377 e. The van der Waals surface area contributed by atoms with Crippen LogP contribution in [-0.4, -0.2) is 76.7 Å². The third-order valence-electron chi connectivity index (χ3n) is 5.54. The van der Waals surface area contributed by atoms with Crippen molar-refractivity contribution in [2.45, 2.75) is 30.2 Å². The molecule has 4 heterocycles. The van der Waals surface area contributed by atoms with Crippen LogP contribution >= 0.6 is 11.9 Å². The van der Waals surface area contributed by atoms with Crippen LogP contribution in [0.1, 0.15) is 6.92 Å². The van der Waals surface area contributed by atoms with Gasteiger partial charge in [0.05, 0.1) is 19.4 Å². The second-order valence-electron chi connectivity index (χ2n) is 7.73. The normalized spacial score (nSPS) is 23.4. The number of anilines is 2. The Bertz CT molecular complexity index is 965. The first-order chi connectivity index (χ1) is 14.7. The zero-order chi connectivity index (χ0) is 22.2. The highest BCUT2D eigenvalue weighted by atomic mass is 32.2. The monoisotopic (exact) mass is 458 g/mol. The van der Waals surface area contributed by atoms with E-state index in [2.05, 4.69) is 10.1 Å². The summed E-state index contributed by atoms with van der Waals surface area (Å²) in [6, 6.07) is 3.14. The number of nitrogens with one attached hydrogen (secondary N) is 1. The van der Waals surface area contributed by atoms with E-state index >= 15 is 0 Å². The van der Waals surface area contributed by atoms with E-state index in [4.69, 9.17) is 4.74 Å². The van der Waals surface area contributed by atoms with E-state index in [-0.39, 0.29) is 24.9 Å². The largest absolute Gasteiger partial charge is 0.410 e. The standard InChI is InChI=1S/C19H25F3N6O2S/c1-13-12-30-8-7-27(13)14-9-16(24-17(29)10-14)28-6-5-26(11-15(28)19(20,21)22)31-18-3-4-23-25(18)2/h3-4,9-10,13,15H,5-8,11-12H2,1-2H3,(H,24,29). The van der Waals surface area contributed by atoms with Gasteiger partial charge in [0.25, 0.3) is 5.56 Å². The first-order valence-electron chi connectivity index (χ1n) is 10.1. The quantitative estimate of drug-likeness (QED) is 0.704. The number of piperazine rings is 1. The number of pyridine rings is 1. The molecule has 0 radical (unpaired) electrons. The first-order valence-corrected chi connectivity index (χ1v) is 10.8. The average molecular weight is 459 g/mol. The maximum Gasteiger partial charge on any atom is 0.410 e. The van der Waals surface area contributed by atoms with Crippen molar-refractivity contribution in [1.82, 2.24) is 19.1 Å². The summed E-state index contributed by atoms with van der Waals surface area (Å²) in [4.78, 5) is 18.2. The molecule has 2 atom stereocenters. The van der Waals surface area contributed by atoms with Crippen molar-refractivity contribution in [3.05, 3.63) is 34.7 Å². The minimum absolute atomic E-state index is 0.0361. The van der Waals surface area contributed by atoms with Crippen molar-refractivity contribution in [3.8, 4) is 0 Å². The van der Waals surface area contributed by atoms with Gasteiger partial charge in [0.1, 0.15) is 16.9 Å². The van der Waals surface area contributed by atoms with Gasteiger partial charge in [-0.2, -0.15) is 18.3 Å². The SMILES string of the molecule is CC1COCCN1c1cc(N2CCN(Sc3ccnn3C)CC2C(F)(F)F)[nH]c(=O)c1. The number of rotatable bonds is 4. The Hall–Kier alpha value is -2.18. The molecule has 31 heavy (non-hydrogen) atoms. The van der Waals surface area contributed by atoms with Crippen LogP contribution in [0.25, 0.3) is 0 Å². The number of alkyl halides is 3. The second kappa shape index (κ2) is 8.75. The van der Waals surface area contributed by atoms with Gasteiger partial charge in [-0.15, -0.1) is 0 Å². The molecule has 2 aliphatic heterocycles. The zero-order valence-corrected chi connectivity index (χ0v) is 18.1. The number of aromatic amines is 1. The van der Waals surface area contributed by atoms with Gasteiger partial charge in [-0.3, -0.25) is 9.48 Å². The Labute approximate surface area is 182 Å². The van der Waals surface area contributed by atoms with E-state index in [0.717, 1.165) is 5.03 Å². The van der Waals surface area contributed by atoms with Crippen molar-refractivity contribution in [2.24, 2.45) is 7.05 Å². The maximum absolute atomic E-state index is 14.0. The lowest BCUT2D eigenvalue weighted by Crippen LogP contribution is -2.58. The van der Waals surface area contributed by atoms with Crippen LogP contribution in [0, 0.1) is 0 Å². The maximum atomic E-state index is 14.0. The summed E-state index contributed by atoms with van der Waals surface area (Å²) in [7, 11) is 1.75. The van der Waals surface area contributed by atoms with Crippen LogP contribution < -0.4 is 15.4 Å². The van der Waals surface area contributed by atoms with Crippen molar-refractivity contribution in [1.29, 1.82) is 0 Å². The number of nitrogens with zero attached hydrogens (tertiary/aromatic N) is 5. The van der Waals surface area contributed by atoms with Crippen molar-refractivity contribution in [3.63, 3.8) is 0 Å². The van der Waals surface area contributed by atoms with Gasteiger partial charge >= 0.3 is 6.18 Å². The number of H-pyrrole nitrogens is 1. The molecule has 1 N–H and O–H groups in total. The Morgan fingerprint density at radius 1 is 1.23 bits per heavy atom. The van der Waals surface area contributed by atoms with Crippen LogP contribution in [0.4, 0.5) is 24.7 Å². The van der Waals surface area contributed by atoms with E-state index < -0.39 is 17.8 Å². The molecule has 2 aromatic heterocycles. The van der Waals surface area contributed by atoms with Gasteiger partial charge in [0.15, 0.2) is 0 Å². The number of ether oxygens (including phenoxy) is 1. The van der Waals surface area contributed by atoms with Gasteiger partial charge < -0.3 is 19.5 Å². The van der Waals surface area contributed by atoms with Crippen molar-refractivity contribution < 1.29 is 17.9 Å². The molecular weight excluding hydrogens is 433 g/mol. The summed E-state index contributed by atoms with van der Waals surface area (Å²) in [5.74, 6) is 0.189. The molecule has 8 nitrogen and oxygen atoms in total. The minimum atomic E-state index is -4.45. The Kier molecular flexibility index (Phi) is 6.22. The van der Waals surface area contributed by atoms with Crippen LogP contribution in [0.2, 0.25) is 0 Å². The van der Waals surface area contributed by atoms with E-state index in [9.17, 15) is 18.0 Å². The lowest BCUT2D eigenvalue weighted by atomic mass is 10.1. The molecule has 0 aromatic carbocycles. The van der Waals surface area contributed by atoms with Crippen LogP contribution in [-0.2, 0) is 11.8 Å². The number of aromatic nitrogens is 3. The molecule has 2 aliphatic rings. The van der Waals surface area contributed by atoms with E-state index in [1.54, 1.807) is 34.4 Å². The van der Waals surface area contributed by atoms with E-state index in [0.29, 0.717) is 32.0 Å². The minimum Gasteiger partial charge on any atom is -0.377 e. The molecule has 2 fully saturated rings. The molecule has 2 unspecified atom stereocenters. The lowest BCUT2D eigenvalue weighted by molar-refractivity contribution is -0.153. The molecule has 12 heteroatoms. The topological polar surface area (TPSA) is 69.6 Å². The summed E-state index contributed by atoms with van der Waals surface area (Å²) in [5, 5.41) is 4.84. The second-order valence-corrected chi connectivity index (χ2v) is 8.85. The molecule has 0 amide bonds. The molecule has 0 bridgehead atoms. The van der Waals surface area contributed by atoms with Gasteiger partial charge in [0, 0.05) is 57.1 Å². The highest BCUT2D eigenvalue weighted by Gasteiger charge is 2.47. The molecule has 2 aromatic rings. The Balaban J connectivity index is 1.59. The number of morpholine rings is 1. The van der Waals surface area contributed by atoms with Crippen LogP contribution in [0.3, 0.4) is 0 Å². The number of aryl methyl sites for hydroxylation is 1. The average Bonchev–Trinajstić information content (AvgIpc) is 3.11. The first kappa shape index (κ1) is 22.0. The van der Waals surface area contributed by atoms with E-state index in [1.165, 1.54) is 22.9 Å². The molecular formula is C19H25F3N6O2S. The Morgan fingerprint density at radius 2 is 2.03 bits per heavy atom. The number of hydrogen-bond donors (Lipinski definition) is 1. The summed E-state index contributed by atoms with van der Waals surface area (Å²) >= 11 is 1.26. The van der Waals surface area contributed by atoms with Gasteiger partial charge in [-0.05, 0) is 24.9 Å². The predicted octanol–water partition coefficient (Wildman–Crippen LogP) is 2.09.